The van der Waals surface area contributed by atoms with Gasteiger partial charge in [-0.05, 0) is 19.3 Å². The second-order valence-corrected chi connectivity index (χ2v) is 2.66. The average Bonchev–Trinajstić information content (AvgIpc) is 2.05. The normalized spacial score (nSPS) is 17.7. The van der Waals surface area contributed by atoms with E-state index in [1.165, 1.54) is 6.42 Å². The molecule has 0 amide bonds. The number of likely N-dealkylation sites (tertiary alicyclic amines) is 1. The highest BCUT2D eigenvalue weighted by molar-refractivity contribution is 5.13. The summed E-state index contributed by atoms with van der Waals surface area (Å²) in [5, 5.41) is 0. The summed E-state index contributed by atoms with van der Waals surface area (Å²) >= 11 is 0. The summed E-state index contributed by atoms with van der Waals surface area (Å²) in [5.74, 6) is 0. The molecule has 1 aliphatic rings. The van der Waals surface area contributed by atoms with Crippen molar-refractivity contribution in [3.05, 3.63) is 36.0 Å². The Morgan fingerprint density at radius 1 is 1.18 bits per heavy atom. The lowest BCUT2D eigenvalue weighted by Crippen LogP contribution is -2.20. The summed E-state index contributed by atoms with van der Waals surface area (Å²) in [7, 11) is 2.01. The number of hydrogen-bond donors (Lipinski definition) is 0. The quantitative estimate of drug-likeness (QED) is 0.476. The van der Waals surface area contributed by atoms with Crippen LogP contribution in [0.5, 0.6) is 0 Å². The van der Waals surface area contributed by atoms with Crippen LogP contribution in [0.15, 0.2) is 36.0 Å². The molecule has 11 heavy (non-hydrogen) atoms. The highest BCUT2D eigenvalue weighted by Gasteiger charge is 2.14. The lowest BCUT2D eigenvalue weighted by molar-refractivity contribution is 0.424. The first kappa shape index (κ1) is 7.94. The van der Waals surface area contributed by atoms with E-state index in [1.54, 1.807) is 0 Å². The lowest BCUT2D eigenvalue weighted by Gasteiger charge is -2.27. The maximum absolute atomic E-state index is 3.64. The van der Waals surface area contributed by atoms with Gasteiger partial charge in [0.2, 0.25) is 0 Å². The second kappa shape index (κ2) is 3.30. The molecule has 0 aromatic carbocycles. The van der Waals surface area contributed by atoms with Gasteiger partial charge in [0.1, 0.15) is 0 Å². The largest absolute Gasteiger partial charge is 0.339 e. The fourth-order valence-corrected chi connectivity index (χ4v) is 1.34. The molecule has 0 aliphatic carbocycles. The highest BCUT2D eigenvalue weighted by atomic mass is 15.1. The molecule has 0 atom stereocenters. The standard InChI is InChI=1S/C10H13N/c1-4-9-7-6-8-10(5-2)11(9)3/h1-2,6-8H2,3H3. The van der Waals surface area contributed by atoms with Crippen LogP contribution in [0.4, 0.5) is 0 Å². The fourth-order valence-electron chi connectivity index (χ4n) is 1.34. The van der Waals surface area contributed by atoms with Crippen molar-refractivity contribution in [1.82, 2.24) is 4.90 Å². The maximum atomic E-state index is 3.64. The van der Waals surface area contributed by atoms with Crippen LogP contribution in [0.2, 0.25) is 0 Å². The number of piperidine rings is 1. The minimum atomic E-state index is 1.07. The summed E-state index contributed by atoms with van der Waals surface area (Å²) in [6.45, 7) is 7.28. The van der Waals surface area contributed by atoms with Gasteiger partial charge in [-0.15, -0.1) is 11.5 Å². The van der Waals surface area contributed by atoms with E-state index in [-0.39, 0.29) is 0 Å². The van der Waals surface area contributed by atoms with Gasteiger partial charge in [0.25, 0.3) is 0 Å². The Kier molecular flexibility index (Phi) is 2.38. The first-order chi connectivity index (χ1) is 5.29. The van der Waals surface area contributed by atoms with Crippen LogP contribution in [0.25, 0.3) is 0 Å². The zero-order chi connectivity index (χ0) is 8.27. The molecular weight excluding hydrogens is 134 g/mol. The van der Waals surface area contributed by atoms with Crippen molar-refractivity contribution in [1.29, 1.82) is 0 Å². The van der Waals surface area contributed by atoms with Crippen LogP contribution in [-0.4, -0.2) is 11.9 Å². The minimum Gasteiger partial charge on any atom is -0.339 e. The van der Waals surface area contributed by atoms with Crippen LogP contribution >= 0.6 is 0 Å². The van der Waals surface area contributed by atoms with Gasteiger partial charge in [0.15, 0.2) is 0 Å². The predicted molar refractivity (Wildman–Crippen MR) is 46.9 cm³/mol. The number of allylic oxidation sites excluding steroid dienone is 2. The number of rotatable bonds is 0. The molecule has 1 fully saturated rings. The van der Waals surface area contributed by atoms with Gasteiger partial charge < -0.3 is 4.90 Å². The molecule has 1 nitrogen and oxygen atoms in total. The van der Waals surface area contributed by atoms with E-state index in [4.69, 9.17) is 0 Å². The highest BCUT2D eigenvalue weighted by Crippen LogP contribution is 2.24. The van der Waals surface area contributed by atoms with Crippen LogP contribution in [-0.2, 0) is 0 Å². The molecule has 0 unspecified atom stereocenters. The van der Waals surface area contributed by atoms with E-state index in [1.807, 2.05) is 7.05 Å². The molecule has 0 aromatic heterocycles. The van der Waals surface area contributed by atoms with Crippen LogP contribution in [0.3, 0.4) is 0 Å². The molecule has 1 saturated heterocycles. The van der Waals surface area contributed by atoms with Crippen molar-refractivity contribution >= 4 is 0 Å². The predicted octanol–water partition coefficient (Wildman–Crippen LogP) is 2.44. The van der Waals surface area contributed by atoms with Crippen LogP contribution in [0, 0.1) is 0 Å². The Hall–Kier alpha value is -1.16. The summed E-state index contributed by atoms with van der Waals surface area (Å²) in [4.78, 5) is 2.07. The molecule has 1 heteroatoms. The van der Waals surface area contributed by atoms with Gasteiger partial charge >= 0.3 is 0 Å². The zero-order valence-corrected chi connectivity index (χ0v) is 6.98. The summed E-state index contributed by atoms with van der Waals surface area (Å²) in [6, 6.07) is 0. The molecule has 1 heterocycles. The van der Waals surface area contributed by atoms with Gasteiger partial charge in [0.05, 0.1) is 11.4 Å². The SMILES string of the molecule is C=C=C1CCCC(=C=C)N1C. The van der Waals surface area contributed by atoms with Crippen LogP contribution < -0.4 is 0 Å². The molecule has 0 radical (unpaired) electrons. The maximum Gasteiger partial charge on any atom is 0.0602 e. The van der Waals surface area contributed by atoms with E-state index in [0.717, 1.165) is 24.2 Å². The van der Waals surface area contributed by atoms with Crippen molar-refractivity contribution in [2.24, 2.45) is 0 Å². The molecule has 0 saturated carbocycles. The Morgan fingerprint density at radius 3 is 2.00 bits per heavy atom. The Bertz CT molecular complexity index is 224. The third-order valence-electron chi connectivity index (χ3n) is 2.05. The smallest absolute Gasteiger partial charge is 0.0602 e. The Labute approximate surface area is 68.0 Å². The molecule has 58 valence electrons. The monoisotopic (exact) mass is 147 g/mol. The van der Waals surface area contributed by atoms with Gasteiger partial charge in [-0.1, -0.05) is 13.2 Å². The second-order valence-electron chi connectivity index (χ2n) is 2.66. The average molecular weight is 147 g/mol. The van der Waals surface area contributed by atoms with Gasteiger partial charge in [-0.25, -0.2) is 0 Å². The zero-order valence-electron chi connectivity index (χ0n) is 6.98. The summed E-state index contributed by atoms with van der Waals surface area (Å²) in [5.41, 5.74) is 8.15. The van der Waals surface area contributed by atoms with Gasteiger partial charge in [-0.3, -0.25) is 0 Å². The van der Waals surface area contributed by atoms with Crippen molar-refractivity contribution in [2.75, 3.05) is 7.05 Å². The molecule has 1 rings (SSSR count). The van der Waals surface area contributed by atoms with Gasteiger partial charge in [0, 0.05) is 7.05 Å². The van der Waals surface area contributed by atoms with E-state index in [9.17, 15) is 0 Å². The molecule has 0 bridgehead atoms. The molecule has 1 aliphatic heterocycles. The summed E-state index contributed by atoms with van der Waals surface area (Å²) < 4.78 is 0. The molecule has 0 N–H and O–H groups in total. The number of nitrogens with zero attached hydrogens (tertiary/aromatic N) is 1. The van der Waals surface area contributed by atoms with Crippen LogP contribution in [0.1, 0.15) is 19.3 Å². The topological polar surface area (TPSA) is 3.24 Å². The van der Waals surface area contributed by atoms with Crippen molar-refractivity contribution in [3.8, 4) is 0 Å². The van der Waals surface area contributed by atoms with Gasteiger partial charge in [-0.2, -0.15) is 0 Å². The van der Waals surface area contributed by atoms with Crippen molar-refractivity contribution in [3.63, 3.8) is 0 Å². The first-order valence-electron chi connectivity index (χ1n) is 3.81. The number of hydrogen-bond acceptors (Lipinski definition) is 1. The van der Waals surface area contributed by atoms with E-state index in [2.05, 4.69) is 29.5 Å². The van der Waals surface area contributed by atoms with Crippen molar-refractivity contribution < 1.29 is 0 Å². The third-order valence-corrected chi connectivity index (χ3v) is 2.05. The molecular formula is C10H13N. The summed E-state index contributed by atoms with van der Waals surface area (Å²) in [6.07, 6.45) is 3.32. The van der Waals surface area contributed by atoms with Crippen molar-refractivity contribution in [2.45, 2.75) is 19.3 Å². The molecule has 0 aromatic rings. The first-order valence-corrected chi connectivity index (χ1v) is 3.81. The molecule has 0 spiro atoms. The lowest BCUT2D eigenvalue weighted by atomic mass is 10.1. The Balaban J connectivity index is 2.92. The third kappa shape index (κ3) is 1.46. The minimum absolute atomic E-state index is 1.07. The van der Waals surface area contributed by atoms with E-state index < -0.39 is 0 Å². The Morgan fingerprint density at radius 2 is 1.64 bits per heavy atom. The van der Waals surface area contributed by atoms with E-state index in [0.29, 0.717) is 0 Å². The van der Waals surface area contributed by atoms with E-state index >= 15 is 0 Å². The fraction of sp³-hybridized carbons (Fsp3) is 0.400.